The number of nitrogens with one attached hydrogen (secondary N) is 3. The number of aromatic hydroxyl groups is 1. The van der Waals surface area contributed by atoms with Gasteiger partial charge in [0, 0.05) is 0 Å². The predicted octanol–water partition coefficient (Wildman–Crippen LogP) is -2.46. The minimum Gasteiger partial charge on any atom is -0.508 e. The third kappa shape index (κ3) is 9.19. The maximum atomic E-state index is 12.0. The van der Waals surface area contributed by atoms with E-state index in [-0.39, 0.29) is 12.2 Å². The third-order valence-electron chi connectivity index (χ3n) is 3.60. The van der Waals surface area contributed by atoms with Crippen LogP contribution in [-0.2, 0) is 30.4 Å². The van der Waals surface area contributed by atoms with Gasteiger partial charge in [0.1, 0.15) is 18.3 Å². The van der Waals surface area contributed by atoms with Crippen LogP contribution < -0.4 is 21.7 Å². The number of carboxylic acids is 2. The van der Waals surface area contributed by atoms with Crippen LogP contribution in [-0.4, -0.2) is 70.2 Å². The zero-order chi connectivity index (χ0) is 22.0. The fraction of sp³-hybridized carbons (Fsp3) is 0.353. The van der Waals surface area contributed by atoms with E-state index in [1.165, 1.54) is 12.1 Å². The van der Waals surface area contributed by atoms with Gasteiger partial charge in [0.2, 0.25) is 17.7 Å². The van der Waals surface area contributed by atoms with Crippen molar-refractivity contribution >= 4 is 29.7 Å². The molecule has 1 aromatic carbocycles. The molecule has 0 heterocycles. The lowest BCUT2D eigenvalue weighted by atomic mass is 10.1. The van der Waals surface area contributed by atoms with Crippen LogP contribution in [0.2, 0.25) is 0 Å². The summed E-state index contributed by atoms with van der Waals surface area (Å²) in [6.45, 7) is -1.31. The first-order valence-corrected chi connectivity index (χ1v) is 8.40. The molecule has 0 bridgehead atoms. The summed E-state index contributed by atoms with van der Waals surface area (Å²) in [4.78, 5) is 57.0. The fourth-order valence-corrected chi connectivity index (χ4v) is 2.19. The lowest BCUT2D eigenvalue weighted by Crippen LogP contribution is -2.52. The standard InChI is InChI=1S/C17H22N4O8/c18-11(5-9-1-3-10(22)4-2-9)16(28)19-7-13(23)21-12(6-14(24)25)17(29)20-8-15(26)27/h1-4,11-12,22H,5-8,18H2,(H,19,28)(H,20,29)(H,21,23)(H,24,25)(H,26,27). The number of carbonyl (C=O) groups excluding carboxylic acids is 3. The lowest BCUT2D eigenvalue weighted by Gasteiger charge is -2.17. The van der Waals surface area contributed by atoms with Gasteiger partial charge in [-0.25, -0.2) is 0 Å². The van der Waals surface area contributed by atoms with E-state index >= 15 is 0 Å². The smallest absolute Gasteiger partial charge is 0.322 e. The molecule has 12 nitrogen and oxygen atoms in total. The van der Waals surface area contributed by atoms with Gasteiger partial charge in [0.05, 0.1) is 19.0 Å². The van der Waals surface area contributed by atoms with Crippen LogP contribution in [0.25, 0.3) is 0 Å². The second-order valence-corrected chi connectivity index (χ2v) is 6.02. The molecule has 1 aromatic rings. The number of amides is 3. The van der Waals surface area contributed by atoms with E-state index in [2.05, 4.69) is 10.6 Å². The fourth-order valence-electron chi connectivity index (χ4n) is 2.19. The Labute approximate surface area is 165 Å². The Bertz CT molecular complexity index is 765. The SMILES string of the molecule is NC(Cc1ccc(O)cc1)C(=O)NCC(=O)NC(CC(=O)O)C(=O)NCC(=O)O. The van der Waals surface area contributed by atoms with Crippen LogP contribution in [0.5, 0.6) is 5.75 Å². The van der Waals surface area contributed by atoms with Crippen molar-refractivity contribution in [1.82, 2.24) is 16.0 Å². The minimum absolute atomic E-state index is 0.0618. The Morgan fingerprint density at radius 1 is 0.897 bits per heavy atom. The number of phenolic OH excluding ortho intramolecular Hbond substituents is 1. The highest BCUT2D eigenvalue weighted by Gasteiger charge is 2.24. The molecular formula is C17H22N4O8. The molecule has 0 saturated heterocycles. The van der Waals surface area contributed by atoms with Crippen LogP contribution >= 0.6 is 0 Å². The molecule has 0 radical (unpaired) electrons. The van der Waals surface area contributed by atoms with Gasteiger partial charge in [-0.05, 0) is 24.1 Å². The van der Waals surface area contributed by atoms with Gasteiger partial charge in [-0.2, -0.15) is 0 Å². The average Bonchev–Trinajstić information content (AvgIpc) is 2.64. The highest BCUT2D eigenvalue weighted by Crippen LogP contribution is 2.10. The van der Waals surface area contributed by atoms with Crippen molar-refractivity contribution in [1.29, 1.82) is 0 Å². The van der Waals surface area contributed by atoms with Crippen molar-refractivity contribution < 1.29 is 39.3 Å². The molecule has 0 aliphatic rings. The van der Waals surface area contributed by atoms with Crippen molar-refractivity contribution in [3.05, 3.63) is 29.8 Å². The van der Waals surface area contributed by atoms with Crippen LogP contribution in [0.3, 0.4) is 0 Å². The number of benzene rings is 1. The molecule has 1 rings (SSSR count). The molecule has 8 N–H and O–H groups in total. The lowest BCUT2D eigenvalue weighted by molar-refractivity contribution is -0.141. The molecule has 0 fully saturated rings. The van der Waals surface area contributed by atoms with Gasteiger partial charge in [0.25, 0.3) is 0 Å². The summed E-state index contributed by atoms with van der Waals surface area (Å²) in [6.07, 6.45) is -0.627. The zero-order valence-corrected chi connectivity index (χ0v) is 15.3. The molecule has 3 amide bonds. The predicted molar refractivity (Wildman–Crippen MR) is 97.6 cm³/mol. The van der Waals surface area contributed by atoms with Crippen molar-refractivity contribution in [3.8, 4) is 5.75 Å². The summed E-state index contributed by atoms with van der Waals surface area (Å²) < 4.78 is 0. The number of carboxylic acid groups (broad SMARTS) is 2. The topological polar surface area (TPSA) is 208 Å². The maximum Gasteiger partial charge on any atom is 0.322 e. The summed E-state index contributed by atoms with van der Waals surface area (Å²) in [6, 6.07) is 3.54. The monoisotopic (exact) mass is 410 g/mol. The molecule has 0 saturated carbocycles. The number of nitrogens with two attached hydrogens (primary N) is 1. The summed E-state index contributed by atoms with van der Waals surface area (Å²) in [5.41, 5.74) is 6.44. The molecule has 29 heavy (non-hydrogen) atoms. The molecule has 12 heteroatoms. The van der Waals surface area contributed by atoms with Gasteiger partial charge in [0.15, 0.2) is 0 Å². The number of carbonyl (C=O) groups is 5. The molecular weight excluding hydrogens is 388 g/mol. The highest BCUT2D eigenvalue weighted by atomic mass is 16.4. The van der Waals surface area contributed by atoms with Crippen LogP contribution in [0.1, 0.15) is 12.0 Å². The quantitative estimate of drug-likeness (QED) is 0.206. The van der Waals surface area contributed by atoms with E-state index in [1.54, 1.807) is 12.1 Å². The molecule has 2 unspecified atom stereocenters. The highest BCUT2D eigenvalue weighted by molar-refractivity contribution is 5.93. The second kappa shape index (κ2) is 11.2. The van der Waals surface area contributed by atoms with E-state index < -0.39 is 61.3 Å². The number of hydrogen-bond acceptors (Lipinski definition) is 7. The van der Waals surface area contributed by atoms with Gasteiger partial charge < -0.3 is 37.0 Å². The van der Waals surface area contributed by atoms with Crippen molar-refractivity contribution in [2.24, 2.45) is 5.73 Å². The zero-order valence-electron chi connectivity index (χ0n) is 15.3. The summed E-state index contributed by atoms with van der Waals surface area (Å²) in [5, 5.41) is 32.9. The van der Waals surface area contributed by atoms with E-state index in [1.807, 2.05) is 5.32 Å². The number of rotatable bonds is 11. The first-order chi connectivity index (χ1) is 13.6. The summed E-state index contributed by atoms with van der Waals surface area (Å²) in [5.74, 6) is -5.16. The number of aliphatic carboxylic acids is 2. The normalized spacial score (nSPS) is 12.3. The van der Waals surface area contributed by atoms with Crippen molar-refractivity contribution in [2.45, 2.75) is 24.9 Å². The molecule has 0 aliphatic heterocycles. The van der Waals surface area contributed by atoms with E-state index in [9.17, 15) is 29.1 Å². The van der Waals surface area contributed by atoms with E-state index in [4.69, 9.17) is 15.9 Å². The Morgan fingerprint density at radius 3 is 2.03 bits per heavy atom. The average molecular weight is 410 g/mol. The van der Waals surface area contributed by atoms with Gasteiger partial charge >= 0.3 is 11.9 Å². The minimum atomic E-state index is -1.51. The Kier molecular flexibility index (Phi) is 9.05. The van der Waals surface area contributed by atoms with E-state index in [0.717, 1.165) is 0 Å². The first kappa shape index (κ1) is 23.4. The Morgan fingerprint density at radius 2 is 1.48 bits per heavy atom. The first-order valence-electron chi connectivity index (χ1n) is 8.40. The largest absolute Gasteiger partial charge is 0.508 e. The van der Waals surface area contributed by atoms with Gasteiger partial charge in [-0.15, -0.1) is 0 Å². The summed E-state index contributed by atoms with van der Waals surface area (Å²) >= 11 is 0. The van der Waals surface area contributed by atoms with Gasteiger partial charge in [-0.3, -0.25) is 24.0 Å². The Balaban J connectivity index is 2.53. The van der Waals surface area contributed by atoms with Crippen molar-refractivity contribution in [2.75, 3.05) is 13.1 Å². The maximum absolute atomic E-state index is 12.0. The van der Waals surface area contributed by atoms with Crippen LogP contribution in [0.4, 0.5) is 0 Å². The Hall–Kier alpha value is -3.67. The number of phenols is 1. The molecule has 2 atom stereocenters. The molecule has 158 valence electrons. The molecule has 0 aromatic heterocycles. The molecule has 0 spiro atoms. The third-order valence-corrected chi connectivity index (χ3v) is 3.60. The summed E-state index contributed by atoms with van der Waals surface area (Å²) in [7, 11) is 0. The van der Waals surface area contributed by atoms with E-state index in [0.29, 0.717) is 5.56 Å². The second-order valence-electron chi connectivity index (χ2n) is 6.02. The number of hydrogen-bond donors (Lipinski definition) is 7. The van der Waals surface area contributed by atoms with Crippen molar-refractivity contribution in [3.63, 3.8) is 0 Å². The van der Waals surface area contributed by atoms with Gasteiger partial charge in [-0.1, -0.05) is 12.1 Å². The van der Waals surface area contributed by atoms with Crippen LogP contribution in [0, 0.1) is 0 Å². The van der Waals surface area contributed by atoms with Crippen LogP contribution in [0.15, 0.2) is 24.3 Å². The molecule has 0 aliphatic carbocycles.